The van der Waals surface area contributed by atoms with Crippen molar-refractivity contribution in [3.63, 3.8) is 0 Å². The third-order valence-electron chi connectivity index (χ3n) is 4.80. The van der Waals surface area contributed by atoms with Crippen LogP contribution in [0.1, 0.15) is 65.1 Å². The van der Waals surface area contributed by atoms with E-state index in [2.05, 4.69) is 29.4 Å². The molecule has 0 saturated carbocycles. The van der Waals surface area contributed by atoms with Crippen LogP contribution >= 0.6 is 11.8 Å². The van der Waals surface area contributed by atoms with Crippen molar-refractivity contribution in [1.82, 2.24) is 25.0 Å². The molecule has 1 aromatic heterocycles. The second-order valence-electron chi connectivity index (χ2n) is 6.64. The molecule has 1 aliphatic heterocycles. The number of aromatic nitrogens is 3. The average molecular weight is 382 g/mol. The van der Waals surface area contributed by atoms with Crippen molar-refractivity contribution < 1.29 is 9.59 Å². The molecule has 1 N–H and O–H groups in total. The Morgan fingerprint density at radius 3 is 2.65 bits per heavy atom. The topological polar surface area (TPSA) is 80.1 Å². The first-order valence-electron chi connectivity index (χ1n) is 9.70. The van der Waals surface area contributed by atoms with Crippen LogP contribution in [0.4, 0.5) is 0 Å². The van der Waals surface area contributed by atoms with Crippen LogP contribution in [0.5, 0.6) is 0 Å². The van der Waals surface area contributed by atoms with Crippen LogP contribution < -0.4 is 5.32 Å². The normalized spacial score (nSPS) is 15.4. The number of hydrogen-bond acceptors (Lipinski definition) is 5. The molecule has 0 aliphatic carbocycles. The molecule has 2 heterocycles. The molecule has 26 heavy (non-hydrogen) atoms. The Kier molecular flexibility index (Phi) is 8.41. The first-order valence-corrected chi connectivity index (χ1v) is 10.7. The van der Waals surface area contributed by atoms with E-state index in [-0.39, 0.29) is 17.9 Å². The molecule has 2 rings (SSSR count). The number of hydrogen-bond donors (Lipinski definition) is 1. The second kappa shape index (κ2) is 10.5. The smallest absolute Gasteiger partial charge is 0.230 e. The summed E-state index contributed by atoms with van der Waals surface area (Å²) < 4.78 is 2.01. The lowest BCUT2D eigenvalue weighted by Gasteiger charge is -2.20. The molecule has 0 unspecified atom stereocenters. The van der Waals surface area contributed by atoms with Crippen LogP contribution in [-0.4, -0.2) is 49.8 Å². The van der Waals surface area contributed by atoms with Crippen LogP contribution in [0.15, 0.2) is 5.16 Å². The highest BCUT2D eigenvalue weighted by atomic mass is 32.2. The summed E-state index contributed by atoms with van der Waals surface area (Å²) >= 11 is 1.40. The fourth-order valence-electron chi connectivity index (χ4n) is 3.13. The summed E-state index contributed by atoms with van der Waals surface area (Å²) in [4.78, 5) is 26.2. The minimum Gasteiger partial charge on any atom is -0.353 e. The molecular weight excluding hydrogens is 350 g/mol. The average Bonchev–Trinajstić information content (AvgIpc) is 2.92. The van der Waals surface area contributed by atoms with Gasteiger partial charge in [-0.3, -0.25) is 9.59 Å². The van der Waals surface area contributed by atoms with Gasteiger partial charge in [0.15, 0.2) is 11.0 Å². The number of rotatable bonds is 9. The maximum atomic E-state index is 12.2. The number of likely N-dealkylation sites (tertiary alicyclic amines) is 1. The fourth-order valence-corrected chi connectivity index (χ4v) is 3.96. The largest absolute Gasteiger partial charge is 0.353 e. The van der Waals surface area contributed by atoms with Crippen LogP contribution in [0.25, 0.3) is 0 Å². The summed E-state index contributed by atoms with van der Waals surface area (Å²) in [5.74, 6) is 1.35. The van der Waals surface area contributed by atoms with E-state index in [9.17, 15) is 9.59 Å². The van der Waals surface area contributed by atoms with Crippen molar-refractivity contribution in [1.29, 1.82) is 0 Å². The summed E-state index contributed by atoms with van der Waals surface area (Å²) in [6, 6.07) is 0.233. The van der Waals surface area contributed by atoms with Gasteiger partial charge in [0.1, 0.15) is 0 Å². The molecule has 1 saturated heterocycles. The Morgan fingerprint density at radius 1 is 1.19 bits per heavy atom. The Labute approximate surface area is 160 Å². The first-order chi connectivity index (χ1) is 12.6. The predicted octanol–water partition coefficient (Wildman–Crippen LogP) is 2.60. The third-order valence-corrected chi connectivity index (χ3v) is 5.76. The van der Waals surface area contributed by atoms with Gasteiger partial charge in [0, 0.05) is 25.6 Å². The summed E-state index contributed by atoms with van der Waals surface area (Å²) in [7, 11) is 0. The third kappa shape index (κ3) is 5.72. The Morgan fingerprint density at radius 2 is 1.96 bits per heavy atom. The highest BCUT2D eigenvalue weighted by Gasteiger charge is 2.21. The molecule has 0 spiro atoms. The van der Waals surface area contributed by atoms with Gasteiger partial charge in [0.25, 0.3) is 0 Å². The fraction of sp³-hybridized carbons (Fsp3) is 0.778. The van der Waals surface area contributed by atoms with Gasteiger partial charge in [-0.15, -0.1) is 10.2 Å². The molecule has 7 nitrogen and oxygen atoms in total. The van der Waals surface area contributed by atoms with E-state index in [1.807, 2.05) is 16.4 Å². The highest BCUT2D eigenvalue weighted by Crippen LogP contribution is 2.19. The molecule has 0 aromatic carbocycles. The maximum Gasteiger partial charge on any atom is 0.230 e. The molecule has 0 atom stereocenters. The lowest BCUT2D eigenvalue weighted by atomic mass is 10.2. The predicted molar refractivity (Wildman–Crippen MR) is 103 cm³/mol. The lowest BCUT2D eigenvalue weighted by Crippen LogP contribution is -2.35. The van der Waals surface area contributed by atoms with Crippen LogP contribution in [0, 0.1) is 0 Å². The van der Waals surface area contributed by atoms with Gasteiger partial charge in [-0.25, -0.2) is 0 Å². The van der Waals surface area contributed by atoms with Gasteiger partial charge < -0.3 is 14.8 Å². The molecule has 146 valence electrons. The lowest BCUT2D eigenvalue weighted by molar-refractivity contribution is -0.131. The standard InChI is InChI=1S/C18H31N5O2S/c1-4-14(5-2)19-16(24)13-26-18-21-20-15(23(18)6-3)12-22-11-9-7-8-10-17(22)25/h14H,4-13H2,1-3H3,(H,19,24). The van der Waals surface area contributed by atoms with Crippen molar-refractivity contribution in [2.45, 2.75) is 83.6 Å². The summed E-state index contributed by atoms with van der Waals surface area (Å²) in [6.45, 7) is 8.19. The van der Waals surface area contributed by atoms with E-state index in [4.69, 9.17) is 0 Å². The van der Waals surface area contributed by atoms with Gasteiger partial charge in [0.2, 0.25) is 11.8 Å². The number of thioether (sulfide) groups is 1. The molecular formula is C18H31N5O2S. The molecule has 8 heteroatoms. The van der Waals surface area contributed by atoms with Crippen molar-refractivity contribution in [3.05, 3.63) is 5.82 Å². The number of carbonyl (C=O) groups is 2. The van der Waals surface area contributed by atoms with Crippen molar-refractivity contribution in [2.24, 2.45) is 0 Å². The van der Waals surface area contributed by atoms with Gasteiger partial charge in [0.05, 0.1) is 12.3 Å². The zero-order valence-corrected chi connectivity index (χ0v) is 17.0. The van der Waals surface area contributed by atoms with E-state index in [0.29, 0.717) is 18.7 Å². The maximum absolute atomic E-state index is 12.2. The number of carbonyl (C=O) groups excluding carboxylic acids is 2. The van der Waals surface area contributed by atoms with E-state index in [0.717, 1.165) is 56.2 Å². The van der Waals surface area contributed by atoms with E-state index in [1.165, 1.54) is 11.8 Å². The van der Waals surface area contributed by atoms with Gasteiger partial charge in [-0.1, -0.05) is 32.0 Å². The monoisotopic (exact) mass is 381 g/mol. The van der Waals surface area contributed by atoms with Crippen LogP contribution in [0.3, 0.4) is 0 Å². The quantitative estimate of drug-likeness (QED) is 0.665. The molecule has 1 aromatic rings. The molecule has 0 bridgehead atoms. The van der Waals surface area contributed by atoms with Crippen LogP contribution in [-0.2, 0) is 22.7 Å². The first kappa shape index (κ1) is 20.7. The zero-order valence-electron chi connectivity index (χ0n) is 16.2. The van der Waals surface area contributed by atoms with Gasteiger partial charge in [-0.2, -0.15) is 0 Å². The highest BCUT2D eigenvalue weighted by molar-refractivity contribution is 7.99. The minimum atomic E-state index is 0.0265. The minimum absolute atomic E-state index is 0.0265. The van der Waals surface area contributed by atoms with Gasteiger partial charge in [-0.05, 0) is 32.6 Å². The second-order valence-corrected chi connectivity index (χ2v) is 7.58. The SMILES string of the molecule is CCC(CC)NC(=O)CSc1nnc(CN2CCCCCC2=O)n1CC. The van der Waals surface area contributed by atoms with E-state index >= 15 is 0 Å². The molecule has 2 amide bonds. The Balaban J connectivity index is 1.96. The molecule has 0 radical (unpaired) electrons. The van der Waals surface area contributed by atoms with E-state index < -0.39 is 0 Å². The van der Waals surface area contributed by atoms with Crippen LogP contribution in [0.2, 0.25) is 0 Å². The number of nitrogens with one attached hydrogen (secondary N) is 1. The van der Waals surface area contributed by atoms with E-state index in [1.54, 1.807) is 0 Å². The number of nitrogens with zero attached hydrogens (tertiary/aromatic N) is 4. The number of amides is 2. The zero-order chi connectivity index (χ0) is 18.9. The Hall–Kier alpha value is -1.57. The summed E-state index contributed by atoms with van der Waals surface area (Å²) in [5.41, 5.74) is 0. The summed E-state index contributed by atoms with van der Waals surface area (Å²) in [6.07, 6.45) is 5.62. The van der Waals surface area contributed by atoms with Gasteiger partial charge >= 0.3 is 0 Å². The van der Waals surface area contributed by atoms with Crippen molar-refractivity contribution in [3.8, 4) is 0 Å². The Bertz CT molecular complexity index is 600. The molecule has 1 fully saturated rings. The van der Waals surface area contributed by atoms with Crippen molar-refractivity contribution in [2.75, 3.05) is 12.3 Å². The molecule has 1 aliphatic rings. The summed E-state index contributed by atoms with van der Waals surface area (Å²) in [5, 5.41) is 12.3. The van der Waals surface area contributed by atoms with Crippen molar-refractivity contribution >= 4 is 23.6 Å².